The van der Waals surface area contributed by atoms with Gasteiger partial charge in [0, 0.05) is 83.1 Å². The van der Waals surface area contributed by atoms with Gasteiger partial charge in [0.1, 0.15) is 11.6 Å². The lowest BCUT2D eigenvalue weighted by Gasteiger charge is -2.45. The van der Waals surface area contributed by atoms with Crippen LogP contribution in [0.1, 0.15) is 29.8 Å². The number of likely N-dealkylation sites (tertiary alicyclic amines) is 1. The normalized spacial score (nSPS) is 18.2. The number of anilines is 1. The first-order valence-corrected chi connectivity index (χ1v) is 14.0. The Balaban J connectivity index is 1.24. The van der Waals surface area contributed by atoms with E-state index < -0.39 is 17.2 Å². The highest BCUT2D eigenvalue weighted by molar-refractivity contribution is 5.78. The Morgan fingerprint density at radius 2 is 1.78 bits per heavy atom. The minimum atomic E-state index is -4.41. The molecule has 2 aliphatic rings. The van der Waals surface area contributed by atoms with Gasteiger partial charge in [0.15, 0.2) is 0 Å². The third-order valence-electron chi connectivity index (χ3n) is 8.39. The summed E-state index contributed by atoms with van der Waals surface area (Å²) in [6.07, 6.45) is 5.46. The Hall–Kier alpha value is -3.51. The van der Waals surface area contributed by atoms with Gasteiger partial charge in [-0.25, -0.2) is 9.97 Å². The Labute approximate surface area is 238 Å². The molecule has 220 valence electrons. The summed E-state index contributed by atoms with van der Waals surface area (Å²) in [5.74, 6) is 1.80. The first-order valence-electron chi connectivity index (χ1n) is 14.0. The van der Waals surface area contributed by atoms with E-state index in [0.29, 0.717) is 51.1 Å². The van der Waals surface area contributed by atoms with Crippen LogP contribution >= 0.6 is 0 Å². The van der Waals surface area contributed by atoms with E-state index in [1.807, 2.05) is 29.8 Å². The molecule has 0 atom stereocenters. The number of nitrogens with zero attached hydrogens (tertiary/aromatic N) is 8. The van der Waals surface area contributed by atoms with Gasteiger partial charge in [0.25, 0.3) is 0 Å². The molecule has 12 heteroatoms. The van der Waals surface area contributed by atoms with E-state index in [9.17, 15) is 18.0 Å². The average Bonchev–Trinajstić information content (AvgIpc) is 3.37. The smallest absolute Gasteiger partial charge is 0.353 e. The number of benzene rings is 1. The highest BCUT2D eigenvalue weighted by Crippen LogP contribution is 2.39. The summed E-state index contributed by atoms with van der Waals surface area (Å²) in [4.78, 5) is 34.5. The van der Waals surface area contributed by atoms with Gasteiger partial charge in [-0.3, -0.25) is 19.6 Å². The van der Waals surface area contributed by atoms with Crippen LogP contribution in [0.25, 0.3) is 0 Å². The monoisotopic (exact) mass is 570 g/mol. The number of aryl methyl sites for hydroxylation is 1. The fourth-order valence-electron chi connectivity index (χ4n) is 5.99. The molecule has 41 heavy (non-hydrogen) atoms. The van der Waals surface area contributed by atoms with Crippen molar-refractivity contribution in [1.82, 2.24) is 34.2 Å². The Morgan fingerprint density at radius 3 is 2.41 bits per heavy atom. The molecular weight excluding hydrogens is 533 g/mol. The zero-order chi connectivity index (χ0) is 29.0. The molecular formula is C29H37F3N8O. The number of likely N-dealkylation sites (N-methyl/N-ethyl adjacent to an activating group) is 1. The number of aromatic nitrogens is 4. The number of halogens is 3. The number of carbonyl (C=O) groups is 1. The predicted octanol–water partition coefficient (Wildman–Crippen LogP) is 3.04. The molecule has 0 saturated carbocycles. The number of alkyl halides is 3. The maximum Gasteiger partial charge on any atom is 0.416 e. The molecule has 9 nitrogen and oxygen atoms in total. The highest BCUT2D eigenvalue weighted by atomic mass is 19.4. The summed E-state index contributed by atoms with van der Waals surface area (Å²) < 4.78 is 42.9. The summed E-state index contributed by atoms with van der Waals surface area (Å²) >= 11 is 0. The molecule has 1 aromatic carbocycles. The molecule has 0 unspecified atom stereocenters. The van der Waals surface area contributed by atoms with Gasteiger partial charge < -0.3 is 14.4 Å². The van der Waals surface area contributed by atoms with Crippen LogP contribution in [0.5, 0.6) is 0 Å². The standard InChI is InChI=1S/C29H37F3N8O/c1-36(20-26-35-10-13-37(26)2)22-28(23-4-3-5-24(18-23)29(30,31)32)6-11-40(12-7-28)27(41)21-38-14-16-39(17-15-38)25-19-33-8-9-34-25/h3-5,8-10,13,18-19H,6-7,11-12,14-17,20-22H2,1-2H3. The van der Waals surface area contributed by atoms with Gasteiger partial charge >= 0.3 is 6.18 Å². The van der Waals surface area contributed by atoms with Crippen LogP contribution < -0.4 is 4.90 Å². The molecule has 4 heterocycles. The third-order valence-corrected chi connectivity index (χ3v) is 8.39. The predicted molar refractivity (Wildman–Crippen MR) is 149 cm³/mol. The van der Waals surface area contributed by atoms with Crippen molar-refractivity contribution in [3.8, 4) is 0 Å². The molecule has 0 radical (unpaired) electrons. The van der Waals surface area contributed by atoms with Gasteiger partial charge in [0.05, 0.1) is 24.8 Å². The second-order valence-electron chi connectivity index (χ2n) is 11.2. The summed E-state index contributed by atoms with van der Waals surface area (Å²) in [7, 11) is 3.90. The molecule has 2 aliphatic heterocycles. The zero-order valence-electron chi connectivity index (χ0n) is 23.6. The summed E-state index contributed by atoms with van der Waals surface area (Å²) in [6, 6.07) is 5.72. The van der Waals surface area contributed by atoms with E-state index in [4.69, 9.17) is 0 Å². The van der Waals surface area contributed by atoms with Gasteiger partial charge in [-0.15, -0.1) is 0 Å². The second kappa shape index (κ2) is 12.2. The first-order chi connectivity index (χ1) is 19.6. The fourth-order valence-corrected chi connectivity index (χ4v) is 5.99. The van der Waals surface area contributed by atoms with Crippen LogP contribution in [-0.4, -0.2) is 99.5 Å². The maximum atomic E-state index is 13.6. The van der Waals surface area contributed by atoms with Crippen LogP contribution in [-0.2, 0) is 30.0 Å². The minimum Gasteiger partial charge on any atom is -0.353 e. The number of hydrogen-bond donors (Lipinski definition) is 0. The van der Waals surface area contributed by atoms with E-state index in [2.05, 4.69) is 29.7 Å². The highest BCUT2D eigenvalue weighted by Gasteiger charge is 2.40. The average molecular weight is 571 g/mol. The Bertz CT molecular complexity index is 1300. The molecule has 2 fully saturated rings. The topological polar surface area (TPSA) is 73.6 Å². The van der Waals surface area contributed by atoms with Crippen molar-refractivity contribution in [1.29, 1.82) is 0 Å². The second-order valence-corrected chi connectivity index (χ2v) is 11.2. The number of imidazole rings is 1. The molecule has 0 N–H and O–H groups in total. The molecule has 3 aromatic rings. The summed E-state index contributed by atoms with van der Waals surface area (Å²) in [5, 5.41) is 0. The van der Waals surface area contributed by atoms with Gasteiger partial charge in [0.2, 0.25) is 5.91 Å². The number of amides is 1. The number of hydrogen-bond acceptors (Lipinski definition) is 7. The van der Waals surface area contributed by atoms with Crippen LogP contribution in [0, 0.1) is 0 Å². The van der Waals surface area contributed by atoms with Crippen molar-refractivity contribution in [2.24, 2.45) is 7.05 Å². The lowest BCUT2D eigenvalue weighted by molar-refractivity contribution is -0.137. The largest absolute Gasteiger partial charge is 0.416 e. The molecule has 0 aliphatic carbocycles. The van der Waals surface area contributed by atoms with Gasteiger partial charge in [-0.1, -0.05) is 18.2 Å². The molecule has 1 amide bonds. The SMILES string of the molecule is CN(Cc1nccn1C)CC1(c2cccc(C(F)(F)F)c2)CCN(C(=O)CN2CCN(c3cnccn3)CC2)CC1. The minimum absolute atomic E-state index is 0.0666. The van der Waals surface area contributed by atoms with Crippen LogP contribution in [0.3, 0.4) is 0 Å². The summed E-state index contributed by atoms with van der Waals surface area (Å²) in [5.41, 5.74) is -0.480. The van der Waals surface area contributed by atoms with Crippen LogP contribution in [0.15, 0.2) is 55.2 Å². The van der Waals surface area contributed by atoms with Crippen molar-refractivity contribution >= 4 is 11.7 Å². The Morgan fingerprint density at radius 1 is 1.02 bits per heavy atom. The maximum absolute atomic E-state index is 13.6. The molecule has 0 bridgehead atoms. The molecule has 5 rings (SSSR count). The van der Waals surface area contributed by atoms with Crippen molar-refractivity contribution in [3.05, 3.63) is 72.2 Å². The number of carbonyl (C=O) groups excluding carboxylic acids is 1. The van der Waals surface area contributed by atoms with E-state index in [0.717, 1.165) is 43.9 Å². The third kappa shape index (κ3) is 6.87. The van der Waals surface area contributed by atoms with E-state index in [1.165, 1.54) is 12.1 Å². The van der Waals surface area contributed by atoms with E-state index in [-0.39, 0.29) is 5.91 Å². The lowest BCUT2D eigenvalue weighted by Crippen LogP contribution is -2.53. The fraction of sp³-hybridized carbons (Fsp3) is 0.517. The molecule has 2 aromatic heterocycles. The van der Waals surface area contributed by atoms with Gasteiger partial charge in [-0.05, 0) is 31.5 Å². The molecule has 2 saturated heterocycles. The first kappa shape index (κ1) is 29.0. The van der Waals surface area contributed by atoms with Crippen molar-refractivity contribution in [3.63, 3.8) is 0 Å². The van der Waals surface area contributed by atoms with E-state index in [1.54, 1.807) is 30.9 Å². The quantitative estimate of drug-likeness (QED) is 0.412. The van der Waals surface area contributed by atoms with E-state index >= 15 is 0 Å². The number of rotatable bonds is 8. The molecule has 0 spiro atoms. The number of piperazine rings is 1. The zero-order valence-corrected chi connectivity index (χ0v) is 23.6. The van der Waals surface area contributed by atoms with Crippen molar-refractivity contribution in [2.75, 3.05) is 64.3 Å². The lowest BCUT2D eigenvalue weighted by atomic mass is 9.72. The van der Waals surface area contributed by atoms with Gasteiger partial charge in [-0.2, -0.15) is 13.2 Å². The van der Waals surface area contributed by atoms with Crippen LogP contribution in [0.4, 0.5) is 19.0 Å². The van der Waals surface area contributed by atoms with Crippen molar-refractivity contribution in [2.45, 2.75) is 31.0 Å². The van der Waals surface area contributed by atoms with Crippen LogP contribution in [0.2, 0.25) is 0 Å². The van der Waals surface area contributed by atoms with Crippen molar-refractivity contribution < 1.29 is 18.0 Å². The summed E-state index contributed by atoms with van der Waals surface area (Å²) in [6.45, 7) is 5.53. The number of piperidine rings is 1. The Kier molecular flexibility index (Phi) is 8.60.